The lowest BCUT2D eigenvalue weighted by molar-refractivity contribution is -0.235. The van der Waals surface area contributed by atoms with Crippen molar-refractivity contribution in [3.63, 3.8) is 0 Å². The molecule has 17 heteroatoms. The number of hydrogen-bond acceptors (Lipinski definition) is 15. The summed E-state index contributed by atoms with van der Waals surface area (Å²) >= 11 is 3.03. The van der Waals surface area contributed by atoms with E-state index in [1.165, 1.54) is 42.6 Å². The van der Waals surface area contributed by atoms with Gasteiger partial charge in [0, 0.05) is 70.8 Å². The van der Waals surface area contributed by atoms with Gasteiger partial charge in [-0.25, -0.2) is 8.78 Å². The van der Waals surface area contributed by atoms with Crippen LogP contribution in [0, 0.1) is 22.7 Å². The van der Waals surface area contributed by atoms with Crippen LogP contribution in [0.3, 0.4) is 0 Å². The number of allylic oxidation sites excluding steroid dienone is 4. The zero-order valence-corrected chi connectivity index (χ0v) is 43.4. The molecule has 1 saturated heterocycles. The molecule has 13 nitrogen and oxygen atoms in total. The first-order valence-corrected chi connectivity index (χ1v) is 27.3. The molecule has 2 aromatic rings. The number of carbonyl (C=O) groups excluding carboxylic acids is 5. The topological polar surface area (TPSA) is 181 Å². The third-order valence-electron chi connectivity index (χ3n) is 15.7. The highest BCUT2D eigenvalue weighted by molar-refractivity contribution is 8.00. The van der Waals surface area contributed by atoms with Gasteiger partial charge in [0.05, 0.1) is 63.7 Å². The third-order valence-corrected chi connectivity index (χ3v) is 17.7. The van der Waals surface area contributed by atoms with Crippen LogP contribution in [0.1, 0.15) is 96.0 Å². The molecule has 0 amide bonds. The fraction of sp³-hybridized carbons (Fsp3) is 0.618. The van der Waals surface area contributed by atoms with E-state index < -0.39 is 76.8 Å². The molecule has 4 aliphatic carbocycles. The van der Waals surface area contributed by atoms with Crippen LogP contribution in [-0.4, -0.2) is 140 Å². The zero-order chi connectivity index (χ0) is 51.7. The number of fused-ring (bicyclic) bond motifs is 7. The minimum absolute atomic E-state index is 0.0164. The molecule has 0 bridgehead atoms. The predicted molar refractivity (Wildman–Crippen MR) is 267 cm³/mol. The number of thioether (sulfide) groups is 1. The standard InChI is InChI=1S/C55H70F2O13S2/c1-35(71-4)47(62)12-6-9-38(59)10-7-20-65-22-24-67-26-27-68-25-23-66-21-18-40(61)28-36-8-5-11-42(29-36)72-41-15-13-37(14-16-41)51-69-50-32-43-44-31-46(56)45-30-39(60)17-19-52(45,2)54(44,57)48(63)33-53(43,3)55(50,70-51)49(64)34-58/h5,8,11,13-17,19,29-30,35,43-44,46,48,50-51,58,63H,6-7,9-10,12,18,20-28,31-34H2,1-4H3/t35?,43-,44-,46-,48-,50+,51+,52-,53-,54-,55+/m0/s1. The summed E-state index contributed by atoms with van der Waals surface area (Å²) in [7, 11) is 0. The number of carbonyl (C=O) groups is 5. The molecular formula is C55H70F2O13S2. The first kappa shape index (κ1) is 56.2. The van der Waals surface area contributed by atoms with Gasteiger partial charge in [0.1, 0.15) is 30.1 Å². The minimum atomic E-state index is -2.33. The number of alkyl halides is 2. The first-order valence-electron chi connectivity index (χ1n) is 25.2. The molecule has 72 heavy (non-hydrogen) atoms. The number of aliphatic hydroxyl groups is 2. The number of ketones is 5. The number of halogens is 2. The summed E-state index contributed by atoms with van der Waals surface area (Å²) in [5.74, 6) is -2.35. The van der Waals surface area contributed by atoms with Crippen LogP contribution in [0.25, 0.3) is 0 Å². The number of benzene rings is 2. The fourth-order valence-corrected chi connectivity index (χ4v) is 13.1. The van der Waals surface area contributed by atoms with Gasteiger partial charge in [-0.3, -0.25) is 24.0 Å². The summed E-state index contributed by atoms with van der Waals surface area (Å²) in [6.45, 7) is 7.45. The van der Waals surface area contributed by atoms with Crippen molar-refractivity contribution in [3.05, 3.63) is 83.5 Å². The quantitative estimate of drug-likeness (QED) is 0.0751. The molecule has 0 radical (unpaired) electrons. The molecule has 2 N–H and O–H groups in total. The molecule has 0 aromatic heterocycles. The van der Waals surface area contributed by atoms with Crippen molar-refractivity contribution < 1.29 is 71.4 Å². The van der Waals surface area contributed by atoms with Gasteiger partial charge in [0.15, 0.2) is 29.1 Å². The van der Waals surface area contributed by atoms with E-state index in [9.17, 15) is 34.2 Å². The number of aliphatic hydroxyl groups excluding tert-OH is 2. The Labute approximate surface area is 429 Å². The monoisotopic (exact) mass is 1040 g/mol. The second-order valence-corrected chi connectivity index (χ2v) is 22.4. The summed E-state index contributed by atoms with van der Waals surface area (Å²) < 4.78 is 69.1. The highest BCUT2D eigenvalue weighted by Crippen LogP contribution is 2.72. The van der Waals surface area contributed by atoms with Crippen molar-refractivity contribution in [2.75, 3.05) is 65.7 Å². The van der Waals surface area contributed by atoms with Gasteiger partial charge in [-0.1, -0.05) is 49.0 Å². The molecule has 1 heterocycles. The number of Topliss-reactive ketones (excluding diaryl/α,β-unsaturated/α-hetero) is 4. The highest BCUT2D eigenvalue weighted by atomic mass is 32.2. The Hall–Kier alpha value is -3.49. The summed E-state index contributed by atoms with van der Waals surface area (Å²) in [5, 5.41) is 22.1. The van der Waals surface area contributed by atoms with Crippen LogP contribution < -0.4 is 0 Å². The number of rotatable bonds is 29. The molecule has 2 aromatic carbocycles. The van der Waals surface area contributed by atoms with E-state index in [0.29, 0.717) is 83.9 Å². The van der Waals surface area contributed by atoms with E-state index in [-0.39, 0.29) is 66.9 Å². The Morgan fingerprint density at radius 2 is 1.50 bits per heavy atom. The van der Waals surface area contributed by atoms with Crippen molar-refractivity contribution in [3.8, 4) is 0 Å². The Kier molecular flexibility index (Phi) is 19.5. The van der Waals surface area contributed by atoms with E-state index in [2.05, 4.69) is 0 Å². The van der Waals surface area contributed by atoms with Gasteiger partial charge >= 0.3 is 0 Å². The highest BCUT2D eigenvalue weighted by Gasteiger charge is 2.80. The van der Waals surface area contributed by atoms with Crippen molar-refractivity contribution in [1.82, 2.24) is 0 Å². The van der Waals surface area contributed by atoms with Crippen molar-refractivity contribution in [2.24, 2.45) is 22.7 Å². The Morgan fingerprint density at radius 1 is 0.833 bits per heavy atom. The zero-order valence-electron chi connectivity index (χ0n) is 41.8. The number of ether oxygens (including phenoxy) is 6. The van der Waals surface area contributed by atoms with E-state index in [4.69, 9.17) is 28.4 Å². The smallest absolute Gasteiger partial charge is 0.193 e. The fourth-order valence-electron chi connectivity index (χ4n) is 11.8. The van der Waals surface area contributed by atoms with Gasteiger partial charge in [-0.15, -0.1) is 0 Å². The molecule has 4 fully saturated rings. The van der Waals surface area contributed by atoms with Gasteiger partial charge in [-0.2, -0.15) is 11.8 Å². The Balaban J connectivity index is 0.792. The van der Waals surface area contributed by atoms with Gasteiger partial charge < -0.3 is 38.6 Å². The van der Waals surface area contributed by atoms with E-state index in [1.807, 2.05) is 61.7 Å². The van der Waals surface area contributed by atoms with Crippen molar-refractivity contribution in [1.29, 1.82) is 0 Å². The first-order chi connectivity index (χ1) is 34.5. The van der Waals surface area contributed by atoms with E-state index in [0.717, 1.165) is 21.4 Å². The summed E-state index contributed by atoms with van der Waals surface area (Å²) in [4.78, 5) is 64.7. The van der Waals surface area contributed by atoms with Gasteiger partial charge in [-0.05, 0) is 106 Å². The third kappa shape index (κ3) is 12.0. The van der Waals surface area contributed by atoms with Crippen LogP contribution in [0.4, 0.5) is 8.78 Å². The second kappa shape index (κ2) is 24.9. The maximum Gasteiger partial charge on any atom is 0.193 e. The van der Waals surface area contributed by atoms with E-state index in [1.54, 1.807) is 6.92 Å². The molecule has 1 aliphatic heterocycles. The van der Waals surface area contributed by atoms with Crippen molar-refractivity contribution in [2.45, 2.75) is 136 Å². The summed E-state index contributed by atoms with van der Waals surface area (Å²) in [6, 6.07) is 15.2. The van der Waals surface area contributed by atoms with Crippen LogP contribution in [0.2, 0.25) is 0 Å². The molecule has 394 valence electrons. The summed E-state index contributed by atoms with van der Waals surface area (Å²) in [5.41, 5.74) is -5.35. The molecule has 1 unspecified atom stereocenters. The normalized spacial score (nSPS) is 30.8. The van der Waals surface area contributed by atoms with Crippen LogP contribution >= 0.6 is 23.5 Å². The lowest BCUT2D eigenvalue weighted by Gasteiger charge is -2.63. The van der Waals surface area contributed by atoms with Crippen LogP contribution in [0.15, 0.2) is 82.1 Å². The van der Waals surface area contributed by atoms with Crippen LogP contribution in [-0.2, 0) is 58.8 Å². The largest absolute Gasteiger partial charge is 0.390 e. The van der Waals surface area contributed by atoms with E-state index >= 15 is 8.78 Å². The maximum atomic E-state index is 17.8. The average molecular weight is 1040 g/mol. The second-order valence-electron chi connectivity index (χ2n) is 20.1. The summed E-state index contributed by atoms with van der Waals surface area (Å²) in [6.07, 6.45) is 3.25. The molecule has 7 rings (SSSR count). The molecule has 3 saturated carbocycles. The minimum Gasteiger partial charge on any atom is -0.390 e. The molecular weight excluding hydrogens is 971 g/mol. The Bertz CT molecular complexity index is 2310. The predicted octanol–water partition coefficient (Wildman–Crippen LogP) is 7.89. The lowest BCUT2D eigenvalue weighted by Crippen LogP contribution is -2.70. The molecule has 11 atom stereocenters. The average Bonchev–Trinajstić information content (AvgIpc) is 3.86. The van der Waals surface area contributed by atoms with Gasteiger partial charge in [0.2, 0.25) is 0 Å². The molecule has 5 aliphatic rings. The van der Waals surface area contributed by atoms with Crippen molar-refractivity contribution >= 4 is 52.4 Å². The maximum absolute atomic E-state index is 17.8. The van der Waals surface area contributed by atoms with Gasteiger partial charge in [0.25, 0.3) is 0 Å². The Morgan fingerprint density at radius 3 is 2.18 bits per heavy atom. The SMILES string of the molecule is CSC(C)C(=O)CCCC(=O)CCCOCCOCCOCCOCCC(=O)Cc1cccc(Sc2ccc([C@@H]3O[C@@H]4C[C@H]5[C@@H]6C[C@H](F)C7=CC(=O)C=C[C@]7(C)[C@@]6(F)[C@@H](O)C[C@]5(C)[C@]4(C(=O)CO)O3)cc2)c1. The lowest BCUT2D eigenvalue weighted by atomic mass is 9.44. The van der Waals surface area contributed by atoms with Crippen LogP contribution in [0.5, 0.6) is 0 Å². The number of hydrogen-bond donors (Lipinski definition) is 2. The molecule has 0 spiro atoms.